The second-order valence-electron chi connectivity index (χ2n) is 3.78. The van der Waals surface area contributed by atoms with E-state index in [0.29, 0.717) is 0 Å². The molecule has 0 N–H and O–H groups in total. The third kappa shape index (κ3) is 3.67. The number of para-hydroxylation sites is 1. The molecule has 22 heavy (non-hydrogen) atoms. The molecule has 0 fully saturated rings. The highest BCUT2D eigenvalue weighted by Crippen LogP contribution is 2.48. The molecule has 0 aromatic heterocycles. The Morgan fingerprint density at radius 3 is 1.77 bits per heavy atom. The van der Waals surface area contributed by atoms with Gasteiger partial charge in [-0.05, 0) is 12.1 Å². The van der Waals surface area contributed by atoms with Gasteiger partial charge in [0.25, 0.3) is 0 Å². The minimum absolute atomic E-state index is 0.0508. The summed E-state index contributed by atoms with van der Waals surface area (Å²) < 4.78 is 9.88. The van der Waals surface area contributed by atoms with E-state index in [-0.39, 0.29) is 41.6 Å². The molecular formula is C13H4Cl6O3. The summed E-state index contributed by atoms with van der Waals surface area (Å²) >= 11 is 35.3. The van der Waals surface area contributed by atoms with Crippen molar-refractivity contribution >= 4 is 75.8 Å². The Labute approximate surface area is 155 Å². The predicted molar refractivity (Wildman–Crippen MR) is 89.6 cm³/mol. The number of hydrogen-bond acceptors (Lipinski definition) is 3. The first-order valence-corrected chi connectivity index (χ1v) is 7.75. The summed E-state index contributed by atoms with van der Waals surface area (Å²) in [5, 5.41) is -0.361. The monoisotopic (exact) mass is 418 g/mol. The molecule has 0 spiro atoms. The Balaban J connectivity index is 2.28. The topological polar surface area (TPSA) is 35.5 Å². The van der Waals surface area contributed by atoms with Gasteiger partial charge < -0.3 is 9.47 Å². The molecule has 0 heterocycles. The van der Waals surface area contributed by atoms with E-state index in [1.165, 1.54) is 6.07 Å². The van der Waals surface area contributed by atoms with Crippen LogP contribution in [0.2, 0.25) is 30.1 Å². The fourth-order valence-electron chi connectivity index (χ4n) is 1.40. The molecule has 0 saturated heterocycles. The molecular weight excluding hydrogens is 417 g/mol. The smallest absolute Gasteiger partial charge is 0.393 e. The maximum atomic E-state index is 11.8. The number of halogens is 6. The molecule has 0 unspecified atom stereocenters. The van der Waals surface area contributed by atoms with Gasteiger partial charge in [-0.1, -0.05) is 81.7 Å². The van der Waals surface area contributed by atoms with E-state index < -0.39 is 6.16 Å². The molecule has 0 atom stereocenters. The number of carbonyl (C=O) groups is 1. The normalized spacial score (nSPS) is 10.5. The molecule has 0 saturated carbocycles. The van der Waals surface area contributed by atoms with Crippen molar-refractivity contribution in [3.8, 4) is 11.5 Å². The molecule has 0 aliphatic carbocycles. The number of carbonyl (C=O) groups excluding carboxylic acids is 1. The zero-order valence-corrected chi connectivity index (χ0v) is 14.8. The van der Waals surface area contributed by atoms with E-state index in [9.17, 15) is 4.79 Å². The van der Waals surface area contributed by atoms with Gasteiger partial charge in [0.15, 0.2) is 11.5 Å². The van der Waals surface area contributed by atoms with Crippen LogP contribution in [0.1, 0.15) is 0 Å². The zero-order chi connectivity index (χ0) is 16.4. The minimum Gasteiger partial charge on any atom is -0.393 e. The van der Waals surface area contributed by atoms with Crippen molar-refractivity contribution in [2.45, 2.75) is 0 Å². The molecule has 2 aromatic rings. The van der Waals surface area contributed by atoms with Crippen molar-refractivity contribution < 1.29 is 14.3 Å². The lowest BCUT2D eigenvalue weighted by atomic mass is 10.3. The highest BCUT2D eigenvalue weighted by Gasteiger charge is 2.23. The summed E-state index contributed by atoms with van der Waals surface area (Å²) in [6.45, 7) is 0. The van der Waals surface area contributed by atoms with Crippen LogP contribution in [-0.2, 0) is 0 Å². The largest absolute Gasteiger partial charge is 0.519 e. The van der Waals surface area contributed by atoms with Gasteiger partial charge >= 0.3 is 6.16 Å². The van der Waals surface area contributed by atoms with E-state index in [2.05, 4.69) is 0 Å². The van der Waals surface area contributed by atoms with Gasteiger partial charge in [-0.2, -0.15) is 0 Å². The summed E-state index contributed by atoms with van der Waals surface area (Å²) in [6.07, 6.45) is -1.12. The third-order valence-corrected chi connectivity index (χ3v) is 4.94. The summed E-state index contributed by atoms with van der Waals surface area (Å²) in [4.78, 5) is 11.8. The van der Waals surface area contributed by atoms with Crippen LogP contribution in [0.3, 0.4) is 0 Å². The highest BCUT2D eigenvalue weighted by atomic mass is 35.5. The Bertz CT molecular complexity index is 718. The molecule has 0 bridgehead atoms. The average molecular weight is 421 g/mol. The van der Waals surface area contributed by atoms with Gasteiger partial charge in [-0.3, -0.25) is 0 Å². The first kappa shape index (κ1) is 17.8. The number of rotatable bonds is 2. The molecule has 0 amide bonds. The van der Waals surface area contributed by atoms with E-state index in [0.717, 1.165) is 0 Å². The lowest BCUT2D eigenvalue weighted by molar-refractivity contribution is 0.152. The fraction of sp³-hybridized carbons (Fsp3) is 0. The third-order valence-electron chi connectivity index (χ3n) is 2.38. The molecule has 0 radical (unpaired) electrons. The summed E-state index contributed by atoms with van der Waals surface area (Å²) in [7, 11) is 0. The quantitative estimate of drug-likeness (QED) is 0.223. The van der Waals surface area contributed by atoms with Crippen LogP contribution in [0.25, 0.3) is 0 Å². The van der Waals surface area contributed by atoms with Crippen LogP contribution in [0.15, 0.2) is 24.3 Å². The van der Waals surface area contributed by atoms with E-state index in [1.54, 1.807) is 18.2 Å². The molecule has 116 valence electrons. The first-order chi connectivity index (χ1) is 10.3. The maximum Gasteiger partial charge on any atom is 0.519 e. The average Bonchev–Trinajstić information content (AvgIpc) is 2.50. The van der Waals surface area contributed by atoms with Gasteiger partial charge in [0.05, 0.1) is 20.1 Å². The van der Waals surface area contributed by atoms with Crippen molar-refractivity contribution in [3.05, 3.63) is 54.4 Å². The van der Waals surface area contributed by atoms with Crippen LogP contribution < -0.4 is 9.47 Å². The minimum atomic E-state index is -1.12. The van der Waals surface area contributed by atoms with Crippen LogP contribution in [0.5, 0.6) is 11.5 Å². The number of benzene rings is 2. The second-order valence-corrected chi connectivity index (χ2v) is 6.08. The van der Waals surface area contributed by atoms with Crippen LogP contribution >= 0.6 is 69.6 Å². The van der Waals surface area contributed by atoms with Crippen LogP contribution in [-0.4, -0.2) is 6.16 Å². The van der Waals surface area contributed by atoms with Crippen molar-refractivity contribution in [1.82, 2.24) is 0 Å². The molecule has 3 nitrogen and oxygen atoms in total. The predicted octanol–water partition coefficient (Wildman–Crippen LogP) is 7.18. The molecule has 2 rings (SSSR count). The van der Waals surface area contributed by atoms with Gasteiger partial charge in [0.2, 0.25) is 0 Å². The second kappa shape index (κ2) is 7.35. The van der Waals surface area contributed by atoms with Crippen molar-refractivity contribution in [2.75, 3.05) is 0 Å². The van der Waals surface area contributed by atoms with Crippen LogP contribution in [0.4, 0.5) is 4.79 Å². The molecule has 2 aromatic carbocycles. The summed E-state index contributed by atoms with van der Waals surface area (Å²) in [6, 6.07) is 6.33. The highest BCUT2D eigenvalue weighted by molar-refractivity contribution is 6.55. The van der Waals surface area contributed by atoms with E-state index in [4.69, 9.17) is 79.1 Å². The summed E-state index contributed by atoms with van der Waals surface area (Å²) in [5.41, 5.74) is 0. The fourth-order valence-corrected chi connectivity index (χ4v) is 2.77. The Kier molecular flexibility index (Phi) is 5.94. The van der Waals surface area contributed by atoms with Gasteiger partial charge in [-0.15, -0.1) is 0 Å². The SMILES string of the molecule is O=C(Oc1ccccc1Cl)Oc1c(Cl)c(Cl)c(Cl)c(Cl)c1Cl. The Hall–Kier alpha value is -0.550. The number of ether oxygens (including phenoxy) is 2. The standard InChI is InChI=1S/C13H4Cl6O3/c14-5-3-1-2-4-6(5)21-13(20)22-12-10(18)8(16)7(15)9(17)11(12)19/h1-4H. The van der Waals surface area contributed by atoms with Crippen LogP contribution in [0, 0.1) is 0 Å². The van der Waals surface area contributed by atoms with Gasteiger partial charge in [0.1, 0.15) is 10.0 Å². The summed E-state index contributed by atoms with van der Waals surface area (Å²) in [5.74, 6) is -0.160. The van der Waals surface area contributed by atoms with E-state index in [1.807, 2.05) is 0 Å². The Morgan fingerprint density at radius 1 is 0.727 bits per heavy atom. The first-order valence-electron chi connectivity index (χ1n) is 5.48. The molecule has 9 heteroatoms. The van der Waals surface area contributed by atoms with Crippen molar-refractivity contribution in [2.24, 2.45) is 0 Å². The molecule has 0 aliphatic rings. The lowest BCUT2D eigenvalue weighted by Crippen LogP contribution is -2.14. The van der Waals surface area contributed by atoms with Crippen molar-refractivity contribution in [3.63, 3.8) is 0 Å². The van der Waals surface area contributed by atoms with Gasteiger partial charge in [0, 0.05) is 0 Å². The number of hydrogen-bond donors (Lipinski definition) is 0. The maximum absolute atomic E-state index is 11.8. The lowest BCUT2D eigenvalue weighted by Gasteiger charge is -2.12. The zero-order valence-electron chi connectivity index (χ0n) is 10.3. The molecule has 0 aliphatic heterocycles. The Morgan fingerprint density at radius 2 is 1.23 bits per heavy atom. The van der Waals surface area contributed by atoms with Gasteiger partial charge in [-0.25, -0.2) is 4.79 Å². The van der Waals surface area contributed by atoms with Crippen molar-refractivity contribution in [1.29, 1.82) is 0 Å². The van der Waals surface area contributed by atoms with E-state index >= 15 is 0 Å².